The molecule has 0 aliphatic carbocycles. The van der Waals surface area contributed by atoms with Crippen molar-refractivity contribution in [2.75, 3.05) is 14.2 Å². The smallest absolute Gasteiger partial charge is 0.307 e. The van der Waals surface area contributed by atoms with Gasteiger partial charge in [0, 0.05) is 14.9 Å². The molecule has 11 heteroatoms. The summed E-state index contributed by atoms with van der Waals surface area (Å²) in [6.45, 7) is 5.46. The molecule has 0 fully saturated rings. The van der Waals surface area contributed by atoms with E-state index in [9.17, 15) is 14.4 Å². The minimum absolute atomic E-state index is 0. The number of halogens is 4. The molecule has 0 unspecified atom stereocenters. The molecule has 0 aliphatic heterocycles. The summed E-state index contributed by atoms with van der Waals surface area (Å²) in [5, 5.41) is -0.333. The second kappa shape index (κ2) is 18.6. The van der Waals surface area contributed by atoms with Gasteiger partial charge in [0.15, 0.2) is 0 Å². The molecule has 3 N–H and O–H groups in total. The van der Waals surface area contributed by atoms with E-state index in [1.54, 1.807) is 0 Å². The fraction of sp³-hybridized carbons (Fsp3) is 0.423. The summed E-state index contributed by atoms with van der Waals surface area (Å²) in [4.78, 5) is 34.5. The third-order valence-corrected chi connectivity index (χ3v) is 5.97. The number of methoxy groups -OCH3 is 2. The third kappa shape index (κ3) is 16.0. The number of rotatable bonds is 8. The van der Waals surface area contributed by atoms with Gasteiger partial charge in [0.1, 0.15) is 5.60 Å². The maximum atomic E-state index is 12.0. The molecule has 7 nitrogen and oxygen atoms in total. The molecule has 0 spiro atoms. The van der Waals surface area contributed by atoms with Crippen molar-refractivity contribution in [3.05, 3.63) is 68.6 Å². The molecule has 2 rings (SSSR count). The summed E-state index contributed by atoms with van der Waals surface area (Å²) in [5.41, 5.74) is 1.27. The predicted octanol–water partition coefficient (Wildman–Crippen LogP) is 7.70. The van der Waals surface area contributed by atoms with Gasteiger partial charge >= 0.3 is 17.9 Å². The Bertz CT molecular complexity index is 1000. The second-order valence-electron chi connectivity index (χ2n) is 8.63. The van der Waals surface area contributed by atoms with Crippen LogP contribution < -0.4 is 6.15 Å². The zero-order valence-electron chi connectivity index (χ0n) is 21.6. The molecular weight excluding hydrogens is 653 g/mol. The van der Waals surface area contributed by atoms with E-state index in [1.165, 1.54) is 14.2 Å². The molecule has 0 saturated carbocycles. The van der Waals surface area contributed by atoms with Gasteiger partial charge in [0.2, 0.25) is 0 Å². The van der Waals surface area contributed by atoms with E-state index < -0.39 is 5.60 Å². The lowest BCUT2D eigenvalue weighted by molar-refractivity contribution is -0.155. The molecule has 0 radical (unpaired) electrons. The Morgan fingerprint density at radius 1 is 0.811 bits per heavy atom. The zero-order valence-corrected chi connectivity index (χ0v) is 26.3. The Kier molecular flexibility index (Phi) is 18.8. The summed E-state index contributed by atoms with van der Waals surface area (Å²) in [7, 11) is 2.70. The van der Waals surface area contributed by atoms with Crippen LogP contribution in [0.5, 0.6) is 0 Å². The Hall–Kier alpha value is -1.65. The van der Waals surface area contributed by atoms with Crippen molar-refractivity contribution in [3.63, 3.8) is 0 Å². The largest absolute Gasteiger partial charge is 0.469 e. The Morgan fingerprint density at radius 3 is 1.70 bits per heavy atom. The fourth-order valence-corrected chi connectivity index (χ4v) is 4.08. The Balaban J connectivity index is 0. The number of hydrogen-bond acceptors (Lipinski definition) is 7. The van der Waals surface area contributed by atoms with Gasteiger partial charge < -0.3 is 20.4 Å². The van der Waals surface area contributed by atoms with Crippen LogP contribution in [0.15, 0.2) is 57.5 Å². The number of alkyl halides is 1. The Labute approximate surface area is 247 Å². The first-order chi connectivity index (χ1) is 16.3. The van der Waals surface area contributed by atoms with Crippen LogP contribution in [0.25, 0.3) is 0 Å². The normalized spacial score (nSPS) is 11.8. The standard InChI is InChI=1S/C16H21BrO4.C10H10BrClO2.ClH.H3N/c1-16(2,3)21-15(19)10-12(9-14(18)20-4)11-6-5-7-13(17)8-11;1-14-10(13)6-9(12)7-3-2-4-8(11)5-7;;/h5-8,12H,9-10H2,1-4H3;2-5,9H,6H2,1H3;1H;1H3/t12-;9-;;/m10../s1. The van der Waals surface area contributed by atoms with Crippen molar-refractivity contribution in [2.24, 2.45) is 0 Å². The first-order valence-corrected chi connectivity index (χ1v) is 12.9. The number of ether oxygens (including phenoxy) is 3. The van der Waals surface area contributed by atoms with Crippen LogP contribution in [0.1, 0.15) is 62.5 Å². The van der Waals surface area contributed by atoms with E-state index >= 15 is 0 Å². The summed E-state index contributed by atoms with van der Waals surface area (Å²) in [6, 6.07) is 15.1. The van der Waals surface area contributed by atoms with E-state index in [-0.39, 0.29) is 67.0 Å². The van der Waals surface area contributed by atoms with Crippen LogP contribution in [-0.2, 0) is 28.6 Å². The van der Waals surface area contributed by atoms with Crippen molar-refractivity contribution in [1.29, 1.82) is 0 Å². The summed E-state index contributed by atoms with van der Waals surface area (Å²) in [6.07, 6.45) is 0.476. The molecule has 37 heavy (non-hydrogen) atoms. The van der Waals surface area contributed by atoms with Crippen LogP contribution >= 0.6 is 55.9 Å². The molecule has 0 aromatic heterocycles. The molecule has 2 atom stereocenters. The van der Waals surface area contributed by atoms with Gasteiger partial charge in [0.25, 0.3) is 0 Å². The maximum Gasteiger partial charge on any atom is 0.307 e. The quantitative estimate of drug-likeness (QED) is 0.172. The number of carbonyl (C=O) groups is 3. The highest BCUT2D eigenvalue weighted by atomic mass is 79.9. The molecular formula is C26H35Br2Cl2NO6. The predicted molar refractivity (Wildman–Crippen MR) is 156 cm³/mol. The molecule has 0 bridgehead atoms. The molecule has 0 heterocycles. The van der Waals surface area contributed by atoms with Gasteiger partial charge in [-0.15, -0.1) is 24.0 Å². The van der Waals surface area contributed by atoms with Crippen LogP contribution in [0.4, 0.5) is 0 Å². The van der Waals surface area contributed by atoms with Crippen molar-refractivity contribution < 1.29 is 28.6 Å². The first-order valence-electron chi connectivity index (χ1n) is 10.8. The highest BCUT2D eigenvalue weighted by Crippen LogP contribution is 2.28. The van der Waals surface area contributed by atoms with Crippen molar-refractivity contribution in [1.82, 2.24) is 6.15 Å². The van der Waals surface area contributed by atoms with Gasteiger partial charge in [0.05, 0.1) is 38.9 Å². The average Bonchev–Trinajstić information content (AvgIpc) is 2.77. The highest BCUT2D eigenvalue weighted by Gasteiger charge is 2.24. The van der Waals surface area contributed by atoms with Crippen LogP contribution in [0.3, 0.4) is 0 Å². The highest BCUT2D eigenvalue weighted by molar-refractivity contribution is 9.10. The summed E-state index contributed by atoms with van der Waals surface area (Å²) >= 11 is 12.8. The second-order valence-corrected chi connectivity index (χ2v) is 11.0. The van der Waals surface area contributed by atoms with Gasteiger partial charge in [-0.2, -0.15) is 0 Å². The topological polar surface area (TPSA) is 114 Å². The molecule has 0 saturated heterocycles. The average molecular weight is 688 g/mol. The third-order valence-electron chi connectivity index (χ3n) is 4.58. The van der Waals surface area contributed by atoms with Crippen LogP contribution in [0.2, 0.25) is 0 Å². The lowest BCUT2D eigenvalue weighted by Crippen LogP contribution is -2.25. The van der Waals surface area contributed by atoms with E-state index in [0.29, 0.717) is 0 Å². The summed E-state index contributed by atoms with van der Waals surface area (Å²) < 4.78 is 16.4. The lowest BCUT2D eigenvalue weighted by atomic mass is 9.92. The van der Waals surface area contributed by atoms with Crippen molar-refractivity contribution in [3.8, 4) is 0 Å². The van der Waals surface area contributed by atoms with Crippen molar-refractivity contribution >= 4 is 73.8 Å². The summed E-state index contributed by atoms with van der Waals surface area (Å²) in [5.74, 6) is -1.23. The molecule has 208 valence electrons. The fourth-order valence-electron chi connectivity index (χ4n) is 2.99. The number of benzene rings is 2. The van der Waals surface area contributed by atoms with Gasteiger partial charge in [-0.25, -0.2) is 0 Å². The van der Waals surface area contributed by atoms with Gasteiger partial charge in [-0.3, -0.25) is 14.4 Å². The zero-order chi connectivity index (χ0) is 26.6. The number of carbonyl (C=O) groups excluding carboxylic acids is 3. The molecule has 2 aromatic carbocycles. The minimum Gasteiger partial charge on any atom is -0.469 e. The monoisotopic (exact) mass is 685 g/mol. The van der Waals surface area contributed by atoms with Crippen LogP contribution in [0, 0.1) is 0 Å². The minimum atomic E-state index is -0.538. The van der Waals surface area contributed by atoms with E-state index in [4.69, 9.17) is 21.1 Å². The van der Waals surface area contributed by atoms with Gasteiger partial charge in [-0.05, 0) is 56.2 Å². The molecule has 0 amide bonds. The first kappa shape index (κ1) is 37.5. The molecule has 0 aliphatic rings. The number of hydrogen-bond donors (Lipinski definition) is 1. The van der Waals surface area contributed by atoms with E-state index in [2.05, 4.69) is 36.6 Å². The molecule has 2 aromatic rings. The van der Waals surface area contributed by atoms with E-state index in [1.807, 2.05) is 69.3 Å². The van der Waals surface area contributed by atoms with Crippen LogP contribution in [-0.4, -0.2) is 37.7 Å². The SMILES string of the molecule is COC(=O)C[C@H](CC(=O)OC(C)(C)C)c1cccc(Br)c1.COC(=O)C[C@H](Cl)c1cccc(Br)c1.Cl.N. The number of esters is 3. The van der Waals surface area contributed by atoms with Crippen molar-refractivity contribution in [2.45, 2.75) is 56.9 Å². The lowest BCUT2D eigenvalue weighted by Gasteiger charge is -2.22. The maximum absolute atomic E-state index is 12.0. The van der Waals surface area contributed by atoms with Gasteiger partial charge in [-0.1, -0.05) is 56.1 Å². The van der Waals surface area contributed by atoms with E-state index in [0.717, 1.165) is 20.1 Å². The Morgan fingerprint density at radius 2 is 1.24 bits per heavy atom.